The van der Waals surface area contributed by atoms with E-state index in [0.717, 1.165) is 12.1 Å². The van der Waals surface area contributed by atoms with Crippen molar-refractivity contribution in [3.05, 3.63) is 86.0 Å². The van der Waals surface area contributed by atoms with Crippen LogP contribution in [0.4, 0.5) is 11.4 Å². The molecule has 3 aromatic carbocycles. The van der Waals surface area contributed by atoms with Gasteiger partial charge in [0.15, 0.2) is 0 Å². The highest BCUT2D eigenvalue weighted by Gasteiger charge is 2.28. The molecule has 0 aliphatic carbocycles. The van der Waals surface area contributed by atoms with Gasteiger partial charge in [0.05, 0.1) is 14.7 Å². The lowest BCUT2D eigenvalue weighted by Gasteiger charge is -2.12. The van der Waals surface area contributed by atoms with Crippen LogP contribution in [0.25, 0.3) is 10.8 Å². The first-order chi connectivity index (χ1) is 12.7. The van der Waals surface area contributed by atoms with E-state index in [9.17, 15) is 33.2 Å². The third-order valence-corrected chi connectivity index (χ3v) is 5.09. The maximum Gasteiger partial charge on any atom is 0.294 e. The Bertz CT molecular complexity index is 1160. The van der Waals surface area contributed by atoms with Crippen LogP contribution in [-0.2, 0) is 16.5 Å². The van der Waals surface area contributed by atoms with Crippen molar-refractivity contribution in [2.75, 3.05) is 0 Å². The third kappa shape index (κ3) is 3.48. The fraction of sp³-hybridized carbons (Fsp3) is 0.0588. The average Bonchev–Trinajstić information content (AvgIpc) is 2.60. The Morgan fingerprint density at radius 3 is 1.96 bits per heavy atom. The Morgan fingerprint density at radius 1 is 0.815 bits per heavy atom. The maximum atomic E-state index is 11.8. The van der Waals surface area contributed by atoms with Crippen molar-refractivity contribution in [2.45, 2.75) is 11.3 Å². The second-order valence-corrected chi connectivity index (χ2v) is 7.09. The zero-order valence-corrected chi connectivity index (χ0v) is 14.4. The van der Waals surface area contributed by atoms with Crippen LogP contribution in [0.15, 0.2) is 59.5 Å². The minimum Gasteiger partial charge on any atom is -0.282 e. The lowest BCUT2D eigenvalue weighted by atomic mass is 9.96. The van der Waals surface area contributed by atoms with E-state index >= 15 is 0 Å². The average molecular weight is 388 g/mol. The van der Waals surface area contributed by atoms with Gasteiger partial charge in [0.1, 0.15) is 5.56 Å². The van der Waals surface area contributed by atoms with E-state index < -0.39 is 42.7 Å². The van der Waals surface area contributed by atoms with Gasteiger partial charge >= 0.3 is 0 Å². The molecule has 0 aliphatic heterocycles. The molecule has 0 radical (unpaired) electrons. The van der Waals surface area contributed by atoms with Crippen LogP contribution in [-0.4, -0.2) is 22.8 Å². The first-order valence-corrected chi connectivity index (χ1v) is 9.03. The normalized spacial score (nSPS) is 11.4. The van der Waals surface area contributed by atoms with E-state index in [2.05, 4.69) is 0 Å². The maximum absolute atomic E-state index is 11.8. The van der Waals surface area contributed by atoms with Crippen molar-refractivity contribution in [3.8, 4) is 0 Å². The number of benzene rings is 3. The van der Waals surface area contributed by atoms with Gasteiger partial charge in [-0.2, -0.15) is 8.42 Å². The predicted octanol–water partition coefficient (Wildman–Crippen LogP) is 3.49. The Hall–Kier alpha value is -3.37. The van der Waals surface area contributed by atoms with E-state index in [4.69, 9.17) is 0 Å². The number of nitrogens with zero attached hydrogens (tertiary/aromatic N) is 2. The van der Waals surface area contributed by atoms with Crippen molar-refractivity contribution in [2.24, 2.45) is 0 Å². The van der Waals surface area contributed by atoms with E-state index in [-0.39, 0.29) is 11.1 Å². The second-order valence-electron chi connectivity index (χ2n) is 5.70. The lowest BCUT2D eigenvalue weighted by molar-refractivity contribution is -0.395. The molecule has 9 nitrogen and oxygen atoms in total. The highest BCUT2D eigenvalue weighted by molar-refractivity contribution is 7.85. The minimum atomic E-state index is -4.65. The summed E-state index contributed by atoms with van der Waals surface area (Å²) in [6, 6.07) is 12.7. The Kier molecular flexibility index (Phi) is 4.60. The monoisotopic (exact) mass is 388 g/mol. The van der Waals surface area contributed by atoms with E-state index in [1.165, 1.54) is 18.2 Å². The van der Waals surface area contributed by atoms with Gasteiger partial charge < -0.3 is 0 Å². The first kappa shape index (κ1) is 18.4. The van der Waals surface area contributed by atoms with Crippen LogP contribution in [0, 0.1) is 20.2 Å². The van der Waals surface area contributed by atoms with Gasteiger partial charge in [0.2, 0.25) is 0 Å². The largest absolute Gasteiger partial charge is 0.294 e. The summed E-state index contributed by atoms with van der Waals surface area (Å²) in [4.78, 5) is 20.7. The first-order valence-electron chi connectivity index (χ1n) is 7.59. The molecule has 3 rings (SSSR count). The van der Waals surface area contributed by atoms with Crippen LogP contribution in [0.3, 0.4) is 0 Å². The minimum absolute atomic E-state index is 0.0491. The molecular weight excluding hydrogens is 376 g/mol. The molecule has 0 saturated heterocycles. The molecule has 1 N–H and O–H groups in total. The summed E-state index contributed by atoms with van der Waals surface area (Å²) in [6.45, 7) is 0. The number of fused-ring (bicyclic) bond motifs is 1. The Balaban J connectivity index is 2.36. The molecule has 0 unspecified atom stereocenters. The quantitative estimate of drug-likeness (QED) is 0.400. The van der Waals surface area contributed by atoms with Crippen molar-refractivity contribution in [1.29, 1.82) is 0 Å². The van der Waals surface area contributed by atoms with Gasteiger partial charge in [-0.1, -0.05) is 30.3 Å². The number of hydrogen-bond acceptors (Lipinski definition) is 6. The highest BCUT2D eigenvalue weighted by atomic mass is 32.2. The van der Waals surface area contributed by atoms with Crippen LogP contribution in [0.5, 0.6) is 0 Å². The van der Waals surface area contributed by atoms with Gasteiger partial charge in [0.25, 0.3) is 21.5 Å². The van der Waals surface area contributed by atoms with Gasteiger partial charge in [0, 0.05) is 18.6 Å². The van der Waals surface area contributed by atoms with Crippen LogP contribution < -0.4 is 0 Å². The van der Waals surface area contributed by atoms with Crippen molar-refractivity contribution in [1.82, 2.24) is 0 Å². The van der Waals surface area contributed by atoms with Crippen molar-refractivity contribution < 1.29 is 22.8 Å². The van der Waals surface area contributed by atoms with Crippen LogP contribution in [0.2, 0.25) is 0 Å². The summed E-state index contributed by atoms with van der Waals surface area (Å²) in [6.07, 6.45) is -0.413. The number of nitro groups is 2. The summed E-state index contributed by atoms with van der Waals surface area (Å²) in [5.74, 6) is 0. The highest BCUT2D eigenvalue weighted by Crippen LogP contribution is 2.35. The standard InChI is InChI=1S/C17H12N2O7S/c20-18(21)15-6-3-7-16(19(22)23)14(15)10-13-12-5-2-1-4-11(12)8-9-17(13)27(24,25)26/h1-9H,10H2,(H,24,25,26). The molecule has 0 amide bonds. The summed E-state index contributed by atoms with van der Waals surface area (Å²) in [5.41, 5.74) is -1.20. The van der Waals surface area contributed by atoms with Gasteiger partial charge in [-0.3, -0.25) is 24.8 Å². The van der Waals surface area contributed by atoms with Crippen LogP contribution in [0.1, 0.15) is 11.1 Å². The molecule has 0 saturated carbocycles. The number of hydrogen-bond donors (Lipinski definition) is 1. The molecule has 0 fully saturated rings. The fourth-order valence-corrected chi connectivity index (χ4v) is 3.74. The molecule has 0 aliphatic rings. The van der Waals surface area contributed by atoms with E-state index in [0.29, 0.717) is 10.8 Å². The summed E-state index contributed by atoms with van der Waals surface area (Å²) >= 11 is 0. The molecule has 3 aromatic rings. The van der Waals surface area contributed by atoms with Gasteiger partial charge in [-0.05, 0) is 28.5 Å². The van der Waals surface area contributed by atoms with Gasteiger partial charge in [-0.25, -0.2) is 0 Å². The smallest absolute Gasteiger partial charge is 0.282 e. The third-order valence-electron chi connectivity index (χ3n) is 4.15. The van der Waals surface area contributed by atoms with Gasteiger partial charge in [-0.15, -0.1) is 0 Å². The second kappa shape index (κ2) is 6.74. The topological polar surface area (TPSA) is 141 Å². The summed E-state index contributed by atoms with van der Waals surface area (Å²) < 4.78 is 33.2. The molecule has 0 aromatic heterocycles. The van der Waals surface area contributed by atoms with E-state index in [1.807, 2.05) is 0 Å². The van der Waals surface area contributed by atoms with Crippen molar-refractivity contribution in [3.63, 3.8) is 0 Å². The molecule has 0 heterocycles. The molecule has 0 spiro atoms. The zero-order chi connectivity index (χ0) is 19.8. The summed E-state index contributed by atoms with van der Waals surface area (Å²) in [7, 11) is -4.65. The number of rotatable bonds is 5. The summed E-state index contributed by atoms with van der Waals surface area (Å²) in [5, 5.41) is 23.7. The van der Waals surface area contributed by atoms with Crippen LogP contribution >= 0.6 is 0 Å². The lowest BCUT2D eigenvalue weighted by Crippen LogP contribution is -2.07. The molecule has 10 heteroatoms. The molecule has 0 bridgehead atoms. The van der Waals surface area contributed by atoms with E-state index in [1.54, 1.807) is 24.3 Å². The Labute approximate surface area is 152 Å². The zero-order valence-electron chi connectivity index (χ0n) is 13.6. The van der Waals surface area contributed by atoms with Crippen molar-refractivity contribution >= 4 is 32.3 Å². The molecule has 27 heavy (non-hydrogen) atoms. The molecule has 0 atom stereocenters. The Morgan fingerprint density at radius 2 is 1.41 bits per heavy atom. The predicted molar refractivity (Wildman–Crippen MR) is 96.3 cm³/mol. The fourth-order valence-electron chi connectivity index (χ4n) is 3.00. The SMILES string of the molecule is O=[N+]([O-])c1cccc([N+](=O)[O-])c1Cc1c(S(=O)(=O)O)ccc2ccccc12. The molecule has 138 valence electrons. The number of nitro benzene ring substituents is 2. The molecular formula is C17H12N2O7S.